The summed E-state index contributed by atoms with van der Waals surface area (Å²) < 4.78 is 0. The minimum atomic E-state index is -1.02. The summed E-state index contributed by atoms with van der Waals surface area (Å²) >= 11 is 0. The Labute approximate surface area is 123 Å². The molecule has 0 saturated carbocycles. The molecule has 5 nitrogen and oxygen atoms in total. The molecule has 1 aromatic carbocycles. The smallest absolute Gasteiger partial charge is 0.337 e. The Morgan fingerprint density at radius 1 is 1.19 bits per heavy atom. The molecule has 1 aromatic heterocycles. The molecular formula is C16H17N3O2. The van der Waals surface area contributed by atoms with Crippen molar-refractivity contribution < 1.29 is 9.90 Å². The third-order valence-corrected chi connectivity index (χ3v) is 3.90. The number of nitrogens with two attached hydrogens (primary N) is 1. The van der Waals surface area contributed by atoms with Gasteiger partial charge in [0, 0.05) is 13.1 Å². The van der Waals surface area contributed by atoms with Crippen LogP contribution in [0.3, 0.4) is 0 Å². The lowest BCUT2D eigenvalue weighted by atomic mass is 10.0. The highest BCUT2D eigenvalue weighted by molar-refractivity contribution is 5.94. The minimum absolute atomic E-state index is 0.113. The van der Waals surface area contributed by atoms with Crippen LogP contribution in [-0.2, 0) is 12.8 Å². The van der Waals surface area contributed by atoms with Crippen LogP contribution in [0.1, 0.15) is 21.5 Å². The molecule has 2 aromatic rings. The van der Waals surface area contributed by atoms with Gasteiger partial charge in [-0.15, -0.1) is 0 Å². The van der Waals surface area contributed by atoms with Crippen LogP contribution in [-0.4, -0.2) is 29.1 Å². The van der Waals surface area contributed by atoms with Crippen LogP contribution in [0, 0.1) is 0 Å². The van der Waals surface area contributed by atoms with Gasteiger partial charge < -0.3 is 15.7 Å². The lowest BCUT2D eigenvalue weighted by molar-refractivity contribution is 0.0698. The number of nitrogen functional groups attached to an aromatic ring is 1. The van der Waals surface area contributed by atoms with E-state index in [0.717, 1.165) is 25.9 Å². The molecule has 1 aliphatic rings. The number of benzene rings is 1. The highest BCUT2D eigenvalue weighted by Gasteiger charge is 2.17. The van der Waals surface area contributed by atoms with Crippen molar-refractivity contribution in [2.75, 3.05) is 23.7 Å². The lowest BCUT2D eigenvalue weighted by Gasteiger charge is -2.21. The van der Waals surface area contributed by atoms with Gasteiger partial charge in [0.2, 0.25) is 0 Å². The van der Waals surface area contributed by atoms with Gasteiger partial charge in [-0.1, -0.05) is 24.3 Å². The van der Waals surface area contributed by atoms with Gasteiger partial charge in [0.1, 0.15) is 5.82 Å². The summed E-state index contributed by atoms with van der Waals surface area (Å²) in [6.07, 6.45) is 3.30. The number of pyridine rings is 1. The highest BCUT2D eigenvalue weighted by Crippen LogP contribution is 2.22. The van der Waals surface area contributed by atoms with E-state index in [-0.39, 0.29) is 11.3 Å². The van der Waals surface area contributed by atoms with Crippen LogP contribution in [0.2, 0.25) is 0 Å². The molecule has 21 heavy (non-hydrogen) atoms. The van der Waals surface area contributed by atoms with Gasteiger partial charge >= 0.3 is 5.97 Å². The van der Waals surface area contributed by atoms with E-state index in [1.807, 2.05) is 0 Å². The number of hydrogen-bond donors (Lipinski definition) is 2. The van der Waals surface area contributed by atoms with Crippen molar-refractivity contribution in [3.05, 3.63) is 53.2 Å². The van der Waals surface area contributed by atoms with Crippen LogP contribution >= 0.6 is 0 Å². The molecule has 1 aliphatic heterocycles. The maximum Gasteiger partial charge on any atom is 0.337 e. The van der Waals surface area contributed by atoms with Crippen LogP contribution < -0.4 is 10.6 Å². The van der Waals surface area contributed by atoms with Crippen molar-refractivity contribution in [1.29, 1.82) is 0 Å². The number of fused-ring (bicyclic) bond motifs is 1. The Hall–Kier alpha value is -2.56. The third kappa shape index (κ3) is 2.67. The molecule has 3 N–H and O–H groups in total. The van der Waals surface area contributed by atoms with Crippen molar-refractivity contribution in [1.82, 2.24) is 4.98 Å². The average Bonchev–Trinajstić information content (AvgIpc) is 2.70. The molecule has 0 aliphatic carbocycles. The predicted molar refractivity (Wildman–Crippen MR) is 81.7 cm³/mol. The van der Waals surface area contributed by atoms with Crippen molar-refractivity contribution in [2.24, 2.45) is 0 Å². The largest absolute Gasteiger partial charge is 0.478 e. The number of carbonyl (C=O) groups is 1. The molecule has 0 fully saturated rings. The first-order valence-corrected chi connectivity index (χ1v) is 6.95. The number of aromatic carboxylic acids is 1. The zero-order valence-electron chi connectivity index (χ0n) is 11.6. The Morgan fingerprint density at radius 3 is 2.38 bits per heavy atom. The quantitative estimate of drug-likeness (QED) is 0.881. The summed E-state index contributed by atoms with van der Waals surface area (Å²) in [6, 6.07) is 9.97. The molecule has 2 heterocycles. The number of hydrogen-bond acceptors (Lipinski definition) is 4. The van der Waals surface area contributed by atoms with Gasteiger partial charge in [-0.05, 0) is 30.0 Å². The van der Waals surface area contributed by atoms with Crippen molar-refractivity contribution in [3.63, 3.8) is 0 Å². The second kappa shape index (κ2) is 5.44. The summed E-state index contributed by atoms with van der Waals surface area (Å²) in [7, 11) is 0. The number of rotatable bonds is 2. The number of anilines is 2. The Balaban J connectivity index is 1.86. The highest BCUT2D eigenvalue weighted by atomic mass is 16.4. The maximum atomic E-state index is 11.2. The van der Waals surface area contributed by atoms with E-state index >= 15 is 0 Å². The molecule has 0 unspecified atom stereocenters. The number of carboxylic acid groups (broad SMARTS) is 1. The fourth-order valence-corrected chi connectivity index (χ4v) is 2.71. The SMILES string of the molecule is Nc1cnc(N2CCc3ccccc3CC2)cc1C(=O)O. The monoisotopic (exact) mass is 283 g/mol. The topological polar surface area (TPSA) is 79.5 Å². The van der Waals surface area contributed by atoms with Crippen LogP contribution in [0.25, 0.3) is 0 Å². The molecule has 5 heteroatoms. The Kier molecular flexibility index (Phi) is 3.48. The summed E-state index contributed by atoms with van der Waals surface area (Å²) in [5.74, 6) is -0.344. The van der Waals surface area contributed by atoms with E-state index < -0.39 is 5.97 Å². The van der Waals surface area contributed by atoms with Crippen molar-refractivity contribution >= 4 is 17.5 Å². The van der Waals surface area contributed by atoms with Crippen LogP contribution in [0.4, 0.5) is 11.5 Å². The molecular weight excluding hydrogens is 266 g/mol. The van der Waals surface area contributed by atoms with E-state index in [4.69, 9.17) is 10.8 Å². The summed E-state index contributed by atoms with van der Waals surface area (Å²) in [5, 5.41) is 9.16. The molecule has 0 amide bonds. The van der Waals surface area contributed by atoms with E-state index in [2.05, 4.69) is 34.1 Å². The molecule has 0 saturated heterocycles. The van der Waals surface area contributed by atoms with Gasteiger partial charge in [0.15, 0.2) is 0 Å². The molecule has 108 valence electrons. The molecule has 0 atom stereocenters. The summed E-state index contributed by atoms with van der Waals surface area (Å²) in [6.45, 7) is 1.65. The van der Waals surface area contributed by atoms with Gasteiger partial charge in [-0.2, -0.15) is 0 Å². The second-order valence-electron chi connectivity index (χ2n) is 5.19. The Morgan fingerprint density at radius 2 is 1.81 bits per heavy atom. The molecule has 3 rings (SSSR count). The fourth-order valence-electron chi connectivity index (χ4n) is 2.71. The first-order chi connectivity index (χ1) is 10.1. The van der Waals surface area contributed by atoms with Crippen molar-refractivity contribution in [2.45, 2.75) is 12.8 Å². The summed E-state index contributed by atoms with van der Waals surface area (Å²) in [4.78, 5) is 17.6. The Bertz CT molecular complexity index is 658. The molecule has 0 bridgehead atoms. The first kappa shape index (κ1) is 13.4. The standard InChI is InChI=1S/C16H17N3O2/c17-14-10-18-15(9-13(14)16(20)21)19-7-5-11-3-1-2-4-12(11)6-8-19/h1-4,9-10H,5-8,17H2,(H,20,21). The number of carboxylic acids is 1. The minimum Gasteiger partial charge on any atom is -0.478 e. The van der Waals surface area contributed by atoms with Crippen LogP contribution in [0.15, 0.2) is 36.5 Å². The van der Waals surface area contributed by atoms with Gasteiger partial charge in [-0.3, -0.25) is 0 Å². The van der Waals surface area contributed by atoms with Gasteiger partial charge in [-0.25, -0.2) is 9.78 Å². The zero-order chi connectivity index (χ0) is 14.8. The normalized spacial score (nSPS) is 14.4. The third-order valence-electron chi connectivity index (χ3n) is 3.90. The van der Waals surface area contributed by atoms with Crippen molar-refractivity contribution in [3.8, 4) is 0 Å². The summed E-state index contributed by atoms with van der Waals surface area (Å²) in [5.41, 5.74) is 8.68. The van der Waals surface area contributed by atoms with E-state index in [9.17, 15) is 4.79 Å². The average molecular weight is 283 g/mol. The van der Waals surface area contributed by atoms with E-state index in [1.54, 1.807) is 6.07 Å². The second-order valence-corrected chi connectivity index (χ2v) is 5.19. The molecule has 0 radical (unpaired) electrons. The number of aromatic nitrogens is 1. The van der Waals surface area contributed by atoms with Crippen LogP contribution in [0.5, 0.6) is 0 Å². The number of nitrogens with zero attached hydrogens (tertiary/aromatic N) is 2. The molecule has 0 spiro atoms. The van der Waals surface area contributed by atoms with Gasteiger partial charge in [0.05, 0.1) is 17.4 Å². The lowest BCUT2D eigenvalue weighted by Crippen LogP contribution is -2.27. The first-order valence-electron chi connectivity index (χ1n) is 6.95. The van der Waals surface area contributed by atoms with E-state index in [1.165, 1.54) is 17.3 Å². The van der Waals surface area contributed by atoms with E-state index in [0.29, 0.717) is 5.82 Å². The maximum absolute atomic E-state index is 11.2. The fraction of sp³-hybridized carbons (Fsp3) is 0.250. The predicted octanol–water partition coefficient (Wildman–Crippen LogP) is 1.97. The zero-order valence-corrected chi connectivity index (χ0v) is 11.6. The van der Waals surface area contributed by atoms with Gasteiger partial charge in [0.25, 0.3) is 0 Å².